The van der Waals surface area contributed by atoms with Gasteiger partial charge < -0.3 is 5.11 Å². The topological polar surface area (TPSA) is 76.0 Å². The zero-order valence-corrected chi connectivity index (χ0v) is 13.1. The molecule has 0 amide bonds. The normalized spacial score (nSPS) is 17.3. The van der Waals surface area contributed by atoms with Crippen molar-refractivity contribution in [3.05, 3.63) is 39.9 Å². The van der Waals surface area contributed by atoms with Gasteiger partial charge in [0.1, 0.15) is 0 Å². The first kappa shape index (κ1) is 14.1. The predicted molar refractivity (Wildman–Crippen MR) is 80.9 cm³/mol. The summed E-state index contributed by atoms with van der Waals surface area (Å²) in [6.07, 6.45) is 5.29. The molecule has 5 nitrogen and oxygen atoms in total. The maximum absolute atomic E-state index is 11.1. The average molecular weight is 348 g/mol. The van der Waals surface area contributed by atoms with E-state index in [1.807, 2.05) is 13.0 Å². The molecule has 0 saturated carbocycles. The van der Waals surface area contributed by atoms with Crippen molar-refractivity contribution < 1.29 is 9.90 Å². The summed E-state index contributed by atoms with van der Waals surface area (Å²) < 4.78 is 0.880. The zero-order chi connectivity index (χ0) is 15.0. The van der Waals surface area contributed by atoms with Crippen LogP contribution in [0.25, 0.3) is 11.4 Å². The van der Waals surface area contributed by atoms with Crippen molar-refractivity contribution in [1.29, 1.82) is 0 Å². The van der Waals surface area contributed by atoms with Gasteiger partial charge >= 0.3 is 5.97 Å². The molecule has 0 aromatic carbocycles. The minimum absolute atomic E-state index is 0.321. The second-order valence-electron chi connectivity index (χ2n) is 5.23. The molecular formula is C15H14BrN3O2. The number of aliphatic carboxylic acids is 1. The van der Waals surface area contributed by atoms with Crippen molar-refractivity contribution in [1.82, 2.24) is 15.0 Å². The van der Waals surface area contributed by atoms with Gasteiger partial charge in [-0.15, -0.1) is 0 Å². The van der Waals surface area contributed by atoms with E-state index in [0.717, 1.165) is 27.0 Å². The Morgan fingerprint density at radius 3 is 2.90 bits per heavy atom. The van der Waals surface area contributed by atoms with Crippen molar-refractivity contribution in [2.45, 2.75) is 26.2 Å². The van der Waals surface area contributed by atoms with Gasteiger partial charge in [-0.25, -0.2) is 9.97 Å². The number of pyridine rings is 1. The minimum atomic E-state index is -0.736. The van der Waals surface area contributed by atoms with Crippen molar-refractivity contribution in [3.8, 4) is 11.4 Å². The standard InChI is InChI=1S/C15H14BrN3O2/c1-8-12-5-9(15(20)21)2-3-13(12)19-14(18-8)10-4-11(16)7-17-6-10/h4,6-7,9H,2-3,5H2,1H3,(H,20,21). The number of rotatable bonds is 2. The van der Waals surface area contributed by atoms with Crippen LogP contribution in [-0.2, 0) is 17.6 Å². The highest BCUT2D eigenvalue weighted by atomic mass is 79.9. The Hall–Kier alpha value is -1.82. The SMILES string of the molecule is Cc1nc(-c2cncc(Br)c2)nc2c1CC(C(=O)O)CC2. The van der Waals surface area contributed by atoms with Crippen LogP contribution in [0.5, 0.6) is 0 Å². The maximum Gasteiger partial charge on any atom is 0.306 e. The van der Waals surface area contributed by atoms with E-state index in [1.54, 1.807) is 12.4 Å². The maximum atomic E-state index is 11.1. The Balaban J connectivity index is 2.01. The first-order valence-corrected chi connectivity index (χ1v) is 7.54. The third-order valence-corrected chi connectivity index (χ3v) is 4.23. The van der Waals surface area contributed by atoms with Crippen LogP contribution in [0.3, 0.4) is 0 Å². The van der Waals surface area contributed by atoms with Gasteiger partial charge in [-0.1, -0.05) is 0 Å². The van der Waals surface area contributed by atoms with Crippen LogP contribution in [0.4, 0.5) is 0 Å². The van der Waals surface area contributed by atoms with Crippen LogP contribution in [0.15, 0.2) is 22.9 Å². The van der Waals surface area contributed by atoms with Crippen molar-refractivity contribution >= 4 is 21.9 Å². The Bertz CT molecular complexity index is 718. The molecule has 21 heavy (non-hydrogen) atoms. The number of carbonyl (C=O) groups is 1. The first-order chi connectivity index (χ1) is 10.0. The van der Waals surface area contributed by atoms with E-state index in [4.69, 9.17) is 5.11 Å². The Kier molecular flexibility index (Phi) is 3.71. The number of hydrogen-bond acceptors (Lipinski definition) is 4. The molecule has 0 aliphatic heterocycles. The van der Waals surface area contributed by atoms with Crippen molar-refractivity contribution in [2.24, 2.45) is 5.92 Å². The van der Waals surface area contributed by atoms with Gasteiger partial charge in [0.15, 0.2) is 5.82 Å². The quantitative estimate of drug-likeness (QED) is 0.903. The molecule has 1 N–H and O–H groups in total. The van der Waals surface area contributed by atoms with Gasteiger partial charge in [0.05, 0.1) is 5.92 Å². The van der Waals surface area contributed by atoms with Gasteiger partial charge in [-0.05, 0) is 53.7 Å². The fraction of sp³-hybridized carbons (Fsp3) is 0.333. The molecule has 0 fully saturated rings. The molecule has 0 bridgehead atoms. The Labute approximate surface area is 130 Å². The number of aryl methyl sites for hydroxylation is 2. The van der Waals surface area contributed by atoms with Gasteiger partial charge in [0, 0.05) is 33.8 Å². The highest BCUT2D eigenvalue weighted by molar-refractivity contribution is 9.10. The van der Waals surface area contributed by atoms with E-state index in [9.17, 15) is 4.79 Å². The summed E-state index contributed by atoms with van der Waals surface area (Å²) in [5, 5.41) is 9.16. The van der Waals surface area contributed by atoms with Gasteiger partial charge in [-0.2, -0.15) is 0 Å². The predicted octanol–water partition coefficient (Wildman–Crippen LogP) is 2.80. The number of aromatic nitrogens is 3. The molecule has 1 aliphatic carbocycles. The van der Waals surface area contributed by atoms with Crippen LogP contribution in [0, 0.1) is 12.8 Å². The number of nitrogens with zero attached hydrogens (tertiary/aromatic N) is 3. The van der Waals surface area contributed by atoms with Crippen LogP contribution >= 0.6 is 15.9 Å². The highest BCUT2D eigenvalue weighted by Crippen LogP contribution is 2.28. The van der Waals surface area contributed by atoms with Crippen LogP contribution < -0.4 is 0 Å². The van der Waals surface area contributed by atoms with E-state index >= 15 is 0 Å². The second kappa shape index (κ2) is 5.52. The molecule has 6 heteroatoms. The molecule has 0 spiro atoms. The van der Waals surface area contributed by atoms with E-state index in [1.165, 1.54) is 0 Å². The fourth-order valence-electron chi connectivity index (χ4n) is 2.66. The number of carboxylic acid groups (broad SMARTS) is 1. The van der Waals surface area contributed by atoms with Crippen LogP contribution in [0.1, 0.15) is 23.4 Å². The summed E-state index contributed by atoms with van der Waals surface area (Å²) in [4.78, 5) is 24.4. The van der Waals surface area contributed by atoms with Crippen molar-refractivity contribution in [3.63, 3.8) is 0 Å². The average Bonchev–Trinajstić information content (AvgIpc) is 2.46. The molecule has 3 rings (SSSR count). The van der Waals surface area contributed by atoms with E-state index in [-0.39, 0.29) is 5.92 Å². The molecular weight excluding hydrogens is 334 g/mol. The number of halogens is 1. The Morgan fingerprint density at radius 2 is 2.19 bits per heavy atom. The molecule has 1 atom stereocenters. The zero-order valence-electron chi connectivity index (χ0n) is 11.5. The lowest BCUT2D eigenvalue weighted by molar-refractivity contribution is -0.142. The molecule has 2 aromatic heterocycles. The monoisotopic (exact) mass is 347 g/mol. The molecule has 0 saturated heterocycles. The second-order valence-corrected chi connectivity index (χ2v) is 6.14. The third kappa shape index (κ3) is 2.81. The summed E-state index contributed by atoms with van der Waals surface area (Å²) in [5.41, 5.74) is 3.67. The lowest BCUT2D eigenvalue weighted by Gasteiger charge is -2.22. The number of carboxylic acids is 1. The van der Waals surface area contributed by atoms with Crippen LogP contribution in [-0.4, -0.2) is 26.0 Å². The summed E-state index contributed by atoms with van der Waals surface area (Å²) >= 11 is 3.39. The highest BCUT2D eigenvalue weighted by Gasteiger charge is 2.27. The van der Waals surface area contributed by atoms with E-state index in [2.05, 4.69) is 30.9 Å². The minimum Gasteiger partial charge on any atom is -0.481 e. The number of hydrogen-bond donors (Lipinski definition) is 1. The lowest BCUT2D eigenvalue weighted by atomic mass is 9.86. The lowest BCUT2D eigenvalue weighted by Crippen LogP contribution is -2.24. The van der Waals surface area contributed by atoms with Crippen LogP contribution in [0.2, 0.25) is 0 Å². The van der Waals surface area contributed by atoms with Gasteiger partial charge in [0.2, 0.25) is 0 Å². The Morgan fingerprint density at radius 1 is 1.38 bits per heavy atom. The van der Waals surface area contributed by atoms with E-state index in [0.29, 0.717) is 25.1 Å². The molecule has 2 heterocycles. The number of fused-ring (bicyclic) bond motifs is 1. The molecule has 1 aliphatic rings. The van der Waals surface area contributed by atoms with Gasteiger partial charge in [0.25, 0.3) is 0 Å². The fourth-order valence-corrected chi connectivity index (χ4v) is 3.03. The summed E-state index contributed by atoms with van der Waals surface area (Å²) in [7, 11) is 0. The largest absolute Gasteiger partial charge is 0.481 e. The third-order valence-electron chi connectivity index (χ3n) is 3.79. The first-order valence-electron chi connectivity index (χ1n) is 6.74. The molecule has 2 aromatic rings. The van der Waals surface area contributed by atoms with E-state index < -0.39 is 5.97 Å². The molecule has 0 radical (unpaired) electrons. The summed E-state index contributed by atoms with van der Waals surface area (Å²) in [6, 6.07) is 1.93. The van der Waals surface area contributed by atoms with Crippen molar-refractivity contribution in [2.75, 3.05) is 0 Å². The molecule has 1 unspecified atom stereocenters. The summed E-state index contributed by atoms with van der Waals surface area (Å²) in [6.45, 7) is 1.92. The van der Waals surface area contributed by atoms with Gasteiger partial charge in [-0.3, -0.25) is 9.78 Å². The molecule has 108 valence electrons. The smallest absolute Gasteiger partial charge is 0.306 e. The summed E-state index contributed by atoms with van der Waals surface area (Å²) in [5.74, 6) is -0.410.